The Kier molecular flexibility index (Phi) is 7.94. The molecule has 1 aromatic heterocycles. The monoisotopic (exact) mass is 404 g/mol. The van der Waals surface area contributed by atoms with Crippen LogP contribution in [-0.2, 0) is 11.3 Å². The number of hydrogen-bond acceptors (Lipinski definition) is 4. The minimum Gasteiger partial charge on any atom is -0.489 e. The summed E-state index contributed by atoms with van der Waals surface area (Å²) in [6.07, 6.45) is 4.11. The van der Waals surface area contributed by atoms with E-state index in [0.717, 1.165) is 16.9 Å². The molecule has 0 atom stereocenters. The van der Waals surface area contributed by atoms with Gasteiger partial charge in [0.05, 0.1) is 35.4 Å². The minimum absolute atomic E-state index is 0.127. The van der Waals surface area contributed by atoms with Crippen molar-refractivity contribution in [3.63, 3.8) is 0 Å². The Morgan fingerprint density at radius 1 is 1.38 bits per heavy atom. The number of anilines is 2. The van der Waals surface area contributed by atoms with Gasteiger partial charge in [0.25, 0.3) is 0 Å². The van der Waals surface area contributed by atoms with Crippen LogP contribution >= 0.6 is 0 Å². The number of benzene rings is 1. The number of halogens is 2. The van der Waals surface area contributed by atoms with Crippen LogP contribution in [0.2, 0.25) is 0 Å². The highest BCUT2D eigenvalue weighted by Crippen LogP contribution is 2.28. The Labute approximate surface area is 169 Å². The third-order valence-corrected chi connectivity index (χ3v) is 4.40. The van der Waals surface area contributed by atoms with E-state index in [-0.39, 0.29) is 18.7 Å². The maximum absolute atomic E-state index is 14.0. The first-order valence-electron chi connectivity index (χ1n) is 9.27. The Balaban J connectivity index is 2.23. The van der Waals surface area contributed by atoms with Crippen molar-refractivity contribution in [2.24, 2.45) is 0 Å². The lowest BCUT2D eigenvalue weighted by Crippen LogP contribution is -2.22. The van der Waals surface area contributed by atoms with Gasteiger partial charge in [-0.3, -0.25) is 9.89 Å². The molecule has 0 radical (unpaired) electrons. The molecular weight excluding hydrogens is 378 g/mol. The number of rotatable bonds is 10. The van der Waals surface area contributed by atoms with Gasteiger partial charge in [-0.2, -0.15) is 5.10 Å². The number of aromatic amines is 1. The summed E-state index contributed by atoms with van der Waals surface area (Å²) in [6, 6.07) is 5.16. The number of allylic oxidation sites excluding steroid dienone is 2. The number of ether oxygens (including phenoxy) is 1. The van der Waals surface area contributed by atoms with Crippen LogP contribution < -0.4 is 15.0 Å². The zero-order valence-electron chi connectivity index (χ0n) is 17.1. The fourth-order valence-electron chi connectivity index (χ4n) is 2.78. The Hall–Kier alpha value is -3.16. The lowest BCUT2D eigenvalue weighted by atomic mass is 10.1. The molecule has 2 aromatic rings. The van der Waals surface area contributed by atoms with E-state index >= 15 is 0 Å². The van der Waals surface area contributed by atoms with Crippen molar-refractivity contribution in [2.45, 2.75) is 33.7 Å². The molecule has 0 aliphatic carbocycles. The third-order valence-electron chi connectivity index (χ3n) is 4.40. The standard InChI is InChI=1S/C21H26F2N4O2/c1-5-6-18(23)17(15(3)22)12-29-16-8-7-14(2)21(9-16)27(13-28)11-20-19(24-4)10-25-26-20/h6-10,13,24H,5,11-12H2,1-4H3,(H,25,26)/b17-15+,18-6+. The van der Waals surface area contributed by atoms with Crippen LogP contribution in [0.3, 0.4) is 0 Å². The molecule has 0 unspecified atom stereocenters. The number of nitrogens with zero attached hydrogens (tertiary/aromatic N) is 2. The molecule has 0 spiro atoms. The smallest absolute Gasteiger partial charge is 0.214 e. The van der Waals surface area contributed by atoms with Gasteiger partial charge in [-0.25, -0.2) is 8.78 Å². The molecule has 0 saturated heterocycles. The highest BCUT2D eigenvalue weighted by atomic mass is 19.1. The maximum Gasteiger partial charge on any atom is 0.214 e. The summed E-state index contributed by atoms with van der Waals surface area (Å²) in [5.41, 5.74) is 2.88. The molecule has 0 saturated carbocycles. The normalized spacial score (nSPS) is 12.4. The molecule has 0 aliphatic heterocycles. The highest BCUT2D eigenvalue weighted by molar-refractivity contribution is 5.78. The van der Waals surface area contributed by atoms with Crippen LogP contribution in [0.15, 0.2) is 47.7 Å². The second-order valence-corrected chi connectivity index (χ2v) is 6.45. The van der Waals surface area contributed by atoms with Gasteiger partial charge in [-0.1, -0.05) is 13.0 Å². The molecule has 0 bridgehead atoms. The van der Waals surface area contributed by atoms with Crippen LogP contribution in [-0.4, -0.2) is 30.3 Å². The van der Waals surface area contributed by atoms with Crippen molar-refractivity contribution in [3.8, 4) is 5.75 Å². The number of carbonyl (C=O) groups excluding carboxylic acids is 1. The minimum atomic E-state index is -0.632. The van der Waals surface area contributed by atoms with Crippen molar-refractivity contribution in [1.29, 1.82) is 0 Å². The zero-order valence-corrected chi connectivity index (χ0v) is 17.1. The van der Waals surface area contributed by atoms with Crippen LogP contribution in [0.5, 0.6) is 5.75 Å². The van der Waals surface area contributed by atoms with Crippen LogP contribution in [0.4, 0.5) is 20.2 Å². The topological polar surface area (TPSA) is 70.2 Å². The van der Waals surface area contributed by atoms with E-state index in [0.29, 0.717) is 24.3 Å². The molecular formula is C21H26F2N4O2. The van der Waals surface area contributed by atoms with Gasteiger partial charge in [0.1, 0.15) is 24.0 Å². The second-order valence-electron chi connectivity index (χ2n) is 6.45. The van der Waals surface area contributed by atoms with Crippen molar-refractivity contribution in [1.82, 2.24) is 10.2 Å². The molecule has 1 heterocycles. The Bertz CT molecular complexity index is 902. The third kappa shape index (κ3) is 5.66. The summed E-state index contributed by atoms with van der Waals surface area (Å²) in [6.45, 7) is 4.85. The summed E-state index contributed by atoms with van der Waals surface area (Å²) in [5.74, 6) is -0.861. The first-order valence-corrected chi connectivity index (χ1v) is 9.27. The molecule has 2 rings (SSSR count). The molecule has 6 nitrogen and oxygen atoms in total. The predicted molar refractivity (Wildman–Crippen MR) is 110 cm³/mol. The van der Waals surface area contributed by atoms with Crippen molar-refractivity contribution in [3.05, 3.63) is 59.0 Å². The summed E-state index contributed by atoms with van der Waals surface area (Å²) in [5, 5.41) is 9.84. The van der Waals surface area contributed by atoms with Crippen LogP contribution in [0.1, 0.15) is 31.5 Å². The second kappa shape index (κ2) is 10.4. The van der Waals surface area contributed by atoms with Gasteiger partial charge < -0.3 is 15.0 Å². The van der Waals surface area contributed by atoms with E-state index in [4.69, 9.17) is 4.74 Å². The SMILES string of the molecule is CC/C=C(F)\C(COc1ccc(C)c(N(C=O)Cc2[nH]ncc2NC)c1)=C(/C)F. The number of H-pyrrole nitrogens is 1. The quantitative estimate of drug-likeness (QED) is 0.440. The summed E-state index contributed by atoms with van der Waals surface area (Å²) in [4.78, 5) is 13.2. The number of carbonyl (C=O) groups is 1. The van der Waals surface area contributed by atoms with Gasteiger partial charge in [-0.05, 0) is 38.0 Å². The van der Waals surface area contributed by atoms with E-state index in [1.165, 1.54) is 17.9 Å². The fraction of sp³-hybridized carbons (Fsp3) is 0.333. The first-order chi connectivity index (χ1) is 13.9. The number of amides is 1. The van der Waals surface area contributed by atoms with Crippen molar-refractivity contribution in [2.75, 3.05) is 23.9 Å². The highest BCUT2D eigenvalue weighted by Gasteiger charge is 2.15. The number of hydrogen-bond donors (Lipinski definition) is 2. The average molecular weight is 404 g/mol. The van der Waals surface area contributed by atoms with E-state index in [2.05, 4.69) is 15.5 Å². The van der Waals surface area contributed by atoms with Gasteiger partial charge in [0.2, 0.25) is 6.41 Å². The summed E-state index contributed by atoms with van der Waals surface area (Å²) < 4.78 is 33.4. The number of nitrogens with one attached hydrogen (secondary N) is 2. The molecule has 2 N–H and O–H groups in total. The zero-order chi connectivity index (χ0) is 21.4. The van der Waals surface area contributed by atoms with Gasteiger partial charge in [0.15, 0.2) is 0 Å². The van der Waals surface area contributed by atoms with Crippen molar-refractivity contribution < 1.29 is 18.3 Å². The fourth-order valence-corrected chi connectivity index (χ4v) is 2.78. The predicted octanol–water partition coefficient (Wildman–Crippen LogP) is 4.81. The molecule has 0 fully saturated rings. The first kappa shape index (κ1) is 22.1. The molecule has 1 amide bonds. The number of aryl methyl sites for hydroxylation is 1. The number of aromatic nitrogens is 2. The molecule has 156 valence electrons. The summed E-state index contributed by atoms with van der Waals surface area (Å²) >= 11 is 0. The lowest BCUT2D eigenvalue weighted by Gasteiger charge is -2.21. The van der Waals surface area contributed by atoms with E-state index < -0.39 is 11.7 Å². The Morgan fingerprint density at radius 3 is 2.76 bits per heavy atom. The molecule has 1 aromatic carbocycles. The molecule has 0 aliphatic rings. The van der Waals surface area contributed by atoms with Gasteiger partial charge >= 0.3 is 0 Å². The van der Waals surface area contributed by atoms with Crippen LogP contribution in [0, 0.1) is 6.92 Å². The lowest BCUT2D eigenvalue weighted by molar-refractivity contribution is -0.107. The van der Waals surface area contributed by atoms with E-state index in [1.807, 2.05) is 6.92 Å². The van der Waals surface area contributed by atoms with Gasteiger partial charge in [0, 0.05) is 13.1 Å². The average Bonchev–Trinajstić information content (AvgIpc) is 3.14. The largest absolute Gasteiger partial charge is 0.489 e. The molecule has 29 heavy (non-hydrogen) atoms. The summed E-state index contributed by atoms with van der Waals surface area (Å²) in [7, 11) is 1.77. The Morgan fingerprint density at radius 2 is 2.14 bits per heavy atom. The van der Waals surface area contributed by atoms with Crippen molar-refractivity contribution >= 4 is 17.8 Å². The van der Waals surface area contributed by atoms with Gasteiger partial charge in [-0.15, -0.1) is 0 Å². The van der Waals surface area contributed by atoms with E-state index in [9.17, 15) is 13.6 Å². The molecule has 8 heteroatoms. The maximum atomic E-state index is 14.0. The van der Waals surface area contributed by atoms with E-state index in [1.54, 1.807) is 38.4 Å². The van der Waals surface area contributed by atoms with Crippen LogP contribution in [0.25, 0.3) is 0 Å².